The number of unbranched alkanes of at least 4 members (excludes halogenated alkanes) is 3. The number of benzene rings is 10. The molecule has 10 aromatic carbocycles. The van der Waals surface area contributed by atoms with Gasteiger partial charge in [0.2, 0.25) is 5.95 Å². The highest BCUT2D eigenvalue weighted by molar-refractivity contribution is 5.95. The molecule has 2 aromatic heterocycles. The number of imidazole rings is 1. The van der Waals surface area contributed by atoms with Crippen molar-refractivity contribution in [1.29, 1.82) is 0 Å². The van der Waals surface area contributed by atoms with Crippen molar-refractivity contribution >= 4 is 29.9 Å². The average molecular weight is 2000 g/mol. The summed E-state index contributed by atoms with van der Waals surface area (Å²) in [7, 11) is 1.05. The molecular weight excluding hydrogens is 1920 g/mol. The lowest BCUT2D eigenvalue weighted by Crippen LogP contribution is -2.52. The third kappa shape index (κ3) is 32.1. The van der Waals surface area contributed by atoms with E-state index in [0.717, 1.165) is 135 Å². The van der Waals surface area contributed by atoms with Gasteiger partial charge >= 0.3 is 62.4 Å². The number of H-pyrrole nitrogens is 1. The Balaban J connectivity index is 0.000000217. The summed E-state index contributed by atoms with van der Waals surface area (Å²) < 4.78 is 348. The molecule has 47 heteroatoms. The molecule has 0 atom stereocenters. The fourth-order valence-corrected chi connectivity index (χ4v) is 14.3. The van der Waals surface area contributed by atoms with E-state index in [4.69, 9.17) is 0 Å². The number of rotatable bonds is 34. The van der Waals surface area contributed by atoms with E-state index in [1.165, 1.54) is 72.9 Å². The lowest BCUT2D eigenvalue weighted by molar-refractivity contribution is -0.275. The van der Waals surface area contributed by atoms with Gasteiger partial charge in [-0.25, -0.2) is 32.5 Å². The predicted molar refractivity (Wildman–Crippen MR) is 451 cm³/mol. The Morgan fingerprint density at radius 2 is 0.807 bits per heavy atom. The third-order valence-corrected chi connectivity index (χ3v) is 20.1. The molecule has 0 spiro atoms. The fraction of sp³-hybridized carbons (Fsp3) is 0.247. The number of halogens is 24. The summed E-state index contributed by atoms with van der Waals surface area (Å²) in [6, 6.07) is 48.6. The first kappa shape index (κ1) is 107. The van der Waals surface area contributed by atoms with Gasteiger partial charge in [-0.05, 0) is 160 Å². The van der Waals surface area contributed by atoms with Crippen LogP contribution in [0.25, 0.3) is 11.3 Å². The van der Waals surface area contributed by atoms with Crippen molar-refractivity contribution in [2.45, 2.75) is 132 Å². The first-order chi connectivity index (χ1) is 65.5. The van der Waals surface area contributed by atoms with E-state index in [2.05, 4.69) is 91.7 Å². The van der Waals surface area contributed by atoms with E-state index in [9.17, 15) is 130 Å². The Kier molecular flexibility index (Phi) is 34.2. The second-order valence-corrected chi connectivity index (χ2v) is 30.4. The molecule has 0 unspecified atom stereocenters. The van der Waals surface area contributed by atoms with Crippen LogP contribution < -0.4 is 55.0 Å². The molecule has 0 aliphatic rings. The Bertz CT molecular complexity index is 6030. The van der Waals surface area contributed by atoms with E-state index in [0.29, 0.717) is 41.7 Å². The Labute approximate surface area is 777 Å². The summed E-state index contributed by atoms with van der Waals surface area (Å²) in [6.45, 7) is 3.84. The van der Waals surface area contributed by atoms with Crippen molar-refractivity contribution in [2.75, 3.05) is 19.0 Å². The Morgan fingerprint density at radius 3 is 1.19 bits per heavy atom. The smallest absolute Gasteiger partial charge is 0.513 e. The maximum absolute atomic E-state index is 14.0. The highest BCUT2D eigenvalue weighted by atomic mass is 19.4. The first-order valence-corrected chi connectivity index (χ1v) is 40.9. The number of alkyl halides is 23. The zero-order valence-electron chi connectivity index (χ0n) is 72.3. The van der Waals surface area contributed by atoms with E-state index in [1.807, 2.05) is 0 Å². The summed E-state index contributed by atoms with van der Waals surface area (Å²) in [5.74, 6) is -11.7. The van der Waals surface area contributed by atoms with Crippen molar-refractivity contribution in [3.8, 4) is 45.8 Å². The minimum absolute atomic E-state index is 0.00912. The monoisotopic (exact) mass is 2000 g/mol. The maximum atomic E-state index is 14.0. The van der Waals surface area contributed by atoms with Crippen molar-refractivity contribution < 1.29 is 163 Å². The SMILES string of the molecule is C=C(O)CCCCCCNC(=O)NC(Cc1ccccc1)(c1cccc(OC(F)(F)F)c1)c1cccc(OC(F)(F)F)c1.CC(F)(F)c1cccc(-c2cnc(NC(=O)NC(Cc3ccccc3)(c3cccc(OC(F)(F)F)c3)c3cccc(OC(F)(F)F)c3)[nH]2)c1.COC(=O)Cn1nnc(CC(NC(=O)c2ccc(F)c(C(F)(F)F)c2)(c2cccc(OC(F)(F)F)c2)c2cccc(OC(F)(F)F)c2)n1. The number of urea groups is 2. The van der Waals surface area contributed by atoms with E-state index >= 15 is 0 Å². The number of nitrogens with zero attached hydrogens (tertiary/aromatic N) is 5. The van der Waals surface area contributed by atoms with Gasteiger partial charge < -0.3 is 64.5 Å². The number of hydrogen-bond donors (Lipinski definition) is 7. The molecule has 5 amide bonds. The Morgan fingerprint density at radius 1 is 0.429 bits per heavy atom. The van der Waals surface area contributed by atoms with Gasteiger partial charge in [0.15, 0.2) is 12.4 Å². The zero-order chi connectivity index (χ0) is 102. The largest absolute Gasteiger partial charge is 0.573 e. The van der Waals surface area contributed by atoms with Crippen LogP contribution in [0.5, 0.6) is 34.5 Å². The molecular formula is C93H77F24N11O12. The van der Waals surface area contributed by atoms with E-state index < -0.39 is 155 Å². The highest BCUT2D eigenvalue weighted by Gasteiger charge is 2.46. The van der Waals surface area contributed by atoms with Crippen LogP contribution in [0.15, 0.2) is 267 Å². The van der Waals surface area contributed by atoms with Crippen LogP contribution in [-0.2, 0) is 64.1 Å². The number of nitrogens with one attached hydrogen (secondary N) is 6. The van der Waals surface area contributed by atoms with Crippen LogP contribution in [0, 0.1) is 5.82 Å². The second kappa shape index (κ2) is 44.8. The fourth-order valence-electron chi connectivity index (χ4n) is 14.3. The number of amides is 5. The van der Waals surface area contributed by atoms with Crippen LogP contribution >= 0.6 is 0 Å². The number of carbonyl (C=O) groups is 4. The summed E-state index contributed by atoms with van der Waals surface area (Å²) in [5, 5.41) is 33.7. The summed E-state index contributed by atoms with van der Waals surface area (Å²) in [4.78, 5) is 60.0. The number of allylic oxidation sites excluding steroid dienone is 1. The number of ether oxygens (including phenoxy) is 7. The minimum Gasteiger partial charge on any atom is -0.513 e. The Hall–Kier alpha value is -15.4. The first-order valence-electron chi connectivity index (χ1n) is 40.9. The molecule has 23 nitrogen and oxygen atoms in total. The van der Waals surface area contributed by atoms with Gasteiger partial charge in [0.05, 0.1) is 46.9 Å². The number of aromatic nitrogens is 6. The van der Waals surface area contributed by atoms with E-state index in [-0.39, 0.29) is 87.6 Å². The minimum atomic E-state index is -5.26. The van der Waals surface area contributed by atoms with Crippen LogP contribution in [0.3, 0.4) is 0 Å². The lowest BCUT2D eigenvalue weighted by atomic mass is 9.77. The molecule has 7 N–H and O–H groups in total. The lowest BCUT2D eigenvalue weighted by Gasteiger charge is -2.37. The van der Waals surface area contributed by atoms with Crippen molar-refractivity contribution in [3.63, 3.8) is 0 Å². The number of aliphatic hydroxyl groups is 1. The number of carbonyl (C=O) groups excluding carboxylic acids is 4. The normalized spacial score (nSPS) is 12.2. The molecule has 12 aromatic rings. The van der Waals surface area contributed by atoms with Gasteiger partial charge in [0.1, 0.15) is 40.3 Å². The zero-order valence-corrected chi connectivity index (χ0v) is 72.3. The highest BCUT2D eigenvalue weighted by Crippen LogP contribution is 2.45. The number of aliphatic hydroxyl groups excluding tert-OH is 1. The van der Waals surface area contributed by atoms with Gasteiger partial charge in [-0.1, -0.05) is 171 Å². The molecule has 744 valence electrons. The molecule has 0 fully saturated rings. The molecule has 0 saturated heterocycles. The molecule has 0 radical (unpaired) electrons. The van der Waals surface area contributed by atoms with Crippen molar-refractivity contribution in [1.82, 2.24) is 51.4 Å². The van der Waals surface area contributed by atoms with Crippen LogP contribution in [0.2, 0.25) is 0 Å². The van der Waals surface area contributed by atoms with Crippen LogP contribution in [0.4, 0.5) is 121 Å². The van der Waals surface area contributed by atoms with Gasteiger partial charge in [-0.3, -0.25) is 10.1 Å². The molecule has 140 heavy (non-hydrogen) atoms. The number of methoxy groups -OCH3 is 1. The summed E-state index contributed by atoms with van der Waals surface area (Å²) >= 11 is 0. The van der Waals surface area contributed by atoms with Gasteiger partial charge in [-0.2, -0.15) is 18.0 Å². The standard InChI is InChI=1S/C34H26F8N4O3.C31H32F6N2O4.C28H19F10N5O5/c1-31(35,36)23-11-5-10-22(16-23)28-20-43-29(44-28)45-30(47)46-32(19-21-8-3-2-4-9-21,24-12-6-14-26(17-24)48-33(37,38)39)25-13-7-15-27(18-25)49-34(40,41)42;1-22(40)11-5-2-3-8-18-38-28(41)39-29(21-23-12-6-4-7-13-23,24-14-9-16-26(19-24)42-30(32,33)34)25-15-10-17-27(20-25)43-31(35,36)37;1-46-23(44)14-43-41-22(40-42-43)13-25(16-4-2-6-18(11-16)47-27(33,34)35,17-5-3-7-19(12-17)48-28(36,37)38)39-24(45)15-8-9-21(29)20(10-15)26(30,31)32/h2-18,20H,19H2,1H3,(H3,43,44,45,46,47);4,6-7,9-10,12-17,19-20,40H,1-3,5,8,11,18,21H2,(H2,38,39,41);2-12H,13-14H2,1H3,(H,39,45). The predicted octanol–water partition coefficient (Wildman–Crippen LogP) is 23.3. The average Bonchev–Trinajstić information content (AvgIpc) is 1.30. The topological polar surface area (TPSA) is 286 Å². The van der Waals surface area contributed by atoms with Crippen molar-refractivity contribution in [3.05, 3.63) is 340 Å². The molecule has 2 heterocycles. The maximum Gasteiger partial charge on any atom is 0.573 e. The number of aromatic amines is 1. The van der Waals surface area contributed by atoms with Gasteiger partial charge in [0, 0.05) is 55.8 Å². The molecule has 0 aliphatic carbocycles. The molecule has 0 bridgehead atoms. The second-order valence-electron chi connectivity index (χ2n) is 30.4. The quantitative estimate of drug-likeness (QED) is 0.00854. The molecule has 0 saturated carbocycles. The number of tetrazole rings is 1. The third-order valence-electron chi connectivity index (χ3n) is 20.1. The summed E-state index contributed by atoms with van der Waals surface area (Å²) in [6.07, 6.45) is -32.2. The van der Waals surface area contributed by atoms with Crippen LogP contribution in [0.1, 0.15) is 111 Å². The number of hydrogen-bond acceptors (Lipinski definition) is 16. The van der Waals surface area contributed by atoms with Gasteiger partial charge in [-0.15, -0.1) is 89.2 Å². The van der Waals surface area contributed by atoms with Crippen molar-refractivity contribution in [2.24, 2.45) is 0 Å². The molecule has 12 rings (SSSR count). The van der Waals surface area contributed by atoms with Crippen LogP contribution in [-0.4, -0.2) is 111 Å². The van der Waals surface area contributed by atoms with Gasteiger partial charge in [0.25, 0.3) is 11.8 Å². The number of anilines is 1. The molecule has 0 aliphatic heterocycles. The van der Waals surface area contributed by atoms with E-state index in [1.54, 1.807) is 66.7 Å². The number of esters is 1. The summed E-state index contributed by atoms with van der Waals surface area (Å²) in [5.41, 5.74) is -7.40.